The van der Waals surface area contributed by atoms with E-state index in [0.717, 1.165) is 18.8 Å². The van der Waals surface area contributed by atoms with Crippen LogP contribution in [0.1, 0.15) is 90.4 Å². The minimum absolute atomic E-state index is 0.484. The van der Waals surface area contributed by atoms with Gasteiger partial charge in [-0.1, -0.05) is 84.0 Å². The largest absolute Gasteiger partial charge is 0.491 e. The molecule has 0 radical (unpaired) electrons. The van der Waals surface area contributed by atoms with E-state index in [0.29, 0.717) is 111 Å². The molecule has 0 unspecified atom stereocenters. The van der Waals surface area contributed by atoms with E-state index in [2.05, 4.69) is 6.92 Å². The molecule has 0 fully saturated rings. The highest BCUT2D eigenvalue weighted by Crippen LogP contribution is 2.13. The van der Waals surface area contributed by atoms with Gasteiger partial charge in [0, 0.05) is 12.3 Å². The van der Waals surface area contributed by atoms with E-state index in [-0.39, 0.29) is 0 Å². The van der Waals surface area contributed by atoms with E-state index in [1.54, 1.807) is 0 Å². The highest BCUT2D eigenvalue weighted by molar-refractivity contribution is 5.41. The van der Waals surface area contributed by atoms with Gasteiger partial charge >= 0.3 is 0 Å². The van der Waals surface area contributed by atoms with Crippen molar-refractivity contribution in [1.82, 2.24) is 0 Å². The zero-order valence-electron chi connectivity index (χ0n) is 29.8. The van der Waals surface area contributed by atoms with Crippen LogP contribution in [0.2, 0.25) is 0 Å². The molecule has 0 aliphatic rings. The third-order valence-corrected chi connectivity index (χ3v) is 7.37. The van der Waals surface area contributed by atoms with Crippen LogP contribution in [0.4, 0.5) is 5.69 Å². The van der Waals surface area contributed by atoms with Gasteiger partial charge < -0.3 is 48.4 Å². The van der Waals surface area contributed by atoms with Crippen LogP contribution in [0.15, 0.2) is 24.3 Å². The number of anilines is 1. The van der Waals surface area contributed by atoms with Gasteiger partial charge in [-0.25, -0.2) is 0 Å². The van der Waals surface area contributed by atoms with Crippen LogP contribution < -0.4 is 10.5 Å². The molecule has 0 aliphatic carbocycles. The summed E-state index contributed by atoms with van der Waals surface area (Å²) in [6.45, 7) is 11.8. The van der Waals surface area contributed by atoms with Crippen molar-refractivity contribution in [3.05, 3.63) is 24.3 Å². The second-order valence-electron chi connectivity index (χ2n) is 11.6. The van der Waals surface area contributed by atoms with Crippen molar-refractivity contribution < 1.29 is 42.6 Å². The van der Waals surface area contributed by atoms with Gasteiger partial charge in [0.15, 0.2) is 0 Å². The molecule has 0 saturated heterocycles. The van der Waals surface area contributed by atoms with Crippen LogP contribution in [0.5, 0.6) is 5.75 Å². The first-order valence-electron chi connectivity index (χ1n) is 18.4. The second kappa shape index (κ2) is 37.3. The predicted octanol–water partition coefficient (Wildman–Crippen LogP) is 6.87. The Hall–Kier alpha value is -1.50. The first-order valence-corrected chi connectivity index (χ1v) is 18.4. The van der Waals surface area contributed by atoms with E-state index in [4.69, 9.17) is 48.4 Å². The summed E-state index contributed by atoms with van der Waals surface area (Å²) in [6, 6.07) is 7.29. The summed E-state index contributed by atoms with van der Waals surface area (Å²) in [5.74, 6) is 0.779. The Morgan fingerprint density at radius 1 is 0.340 bits per heavy atom. The van der Waals surface area contributed by atoms with Gasteiger partial charge in [0.2, 0.25) is 0 Å². The van der Waals surface area contributed by atoms with Crippen molar-refractivity contribution in [3.63, 3.8) is 0 Å². The van der Waals surface area contributed by atoms with Crippen LogP contribution >= 0.6 is 0 Å². The Morgan fingerprint density at radius 2 is 0.617 bits per heavy atom. The summed E-state index contributed by atoms with van der Waals surface area (Å²) < 4.78 is 49.8. The highest BCUT2D eigenvalue weighted by atomic mass is 16.6. The van der Waals surface area contributed by atoms with Gasteiger partial charge in [-0.2, -0.15) is 0 Å². The van der Waals surface area contributed by atoms with Gasteiger partial charge in [-0.05, 0) is 30.7 Å². The first kappa shape index (κ1) is 43.5. The topological polar surface area (TPSA) is 109 Å². The summed E-state index contributed by atoms with van der Waals surface area (Å²) >= 11 is 0. The van der Waals surface area contributed by atoms with Crippen LogP contribution in [-0.4, -0.2) is 112 Å². The first-order chi connectivity index (χ1) is 23.3. The summed E-state index contributed by atoms with van der Waals surface area (Å²) in [6.07, 6.45) is 17.8. The molecule has 0 spiro atoms. The van der Waals surface area contributed by atoms with Crippen LogP contribution in [0.25, 0.3) is 0 Å². The molecule has 10 heteroatoms. The zero-order chi connectivity index (χ0) is 33.6. The quantitative estimate of drug-likeness (QED) is 0.0588. The number of hydrogen-bond acceptors (Lipinski definition) is 10. The second-order valence-corrected chi connectivity index (χ2v) is 11.6. The molecular formula is C37H69NO9. The lowest BCUT2D eigenvalue weighted by atomic mass is 10.0. The van der Waals surface area contributed by atoms with E-state index in [1.165, 1.54) is 77.0 Å². The maximum Gasteiger partial charge on any atom is 0.119 e. The lowest BCUT2D eigenvalue weighted by Crippen LogP contribution is -2.15. The molecule has 0 heterocycles. The van der Waals surface area contributed by atoms with Crippen LogP contribution in [-0.2, 0) is 37.9 Å². The molecule has 47 heavy (non-hydrogen) atoms. The van der Waals surface area contributed by atoms with E-state index < -0.39 is 0 Å². The van der Waals surface area contributed by atoms with E-state index in [9.17, 15) is 0 Å². The summed E-state index contributed by atoms with van der Waals surface area (Å²) in [4.78, 5) is 0. The minimum Gasteiger partial charge on any atom is -0.491 e. The Kier molecular flexibility index (Phi) is 34.6. The highest BCUT2D eigenvalue weighted by Gasteiger charge is 1.98. The SMILES string of the molecule is CCCCCCCCCCCCCCCOCCOCCOCCOCCOCCOCCOCCOCCOc1ccc(N)cc1. The average Bonchev–Trinajstić information content (AvgIpc) is 3.08. The number of nitrogen functional groups attached to an aromatic ring is 1. The molecule has 0 bridgehead atoms. The standard InChI is InChI=1S/C37H69NO9/c1-2-3-4-5-6-7-8-9-10-11-12-13-14-19-39-20-21-40-22-23-41-24-25-42-26-27-43-28-29-44-30-31-45-32-33-46-34-35-47-37-17-15-36(38)16-18-37/h15-18H,2-14,19-35,38H2,1H3. The lowest BCUT2D eigenvalue weighted by molar-refractivity contribution is -0.0236. The van der Waals surface area contributed by atoms with Gasteiger partial charge in [0.05, 0.1) is 99.1 Å². The zero-order valence-corrected chi connectivity index (χ0v) is 29.8. The van der Waals surface area contributed by atoms with Gasteiger partial charge in [0.1, 0.15) is 12.4 Å². The Balaban J connectivity index is 1.62. The maximum atomic E-state index is 5.67. The molecule has 10 nitrogen and oxygen atoms in total. The molecule has 0 amide bonds. The van der Waals surface area contributed by atoms with E-state index in [1.807, 2.05) is 24.3 Å². The van der Waals surface area contributed by atoms with Crippen molar-refractivity contribution in [2.75, 3.05) is 118 Å². The predicted molar refractivity (Wildman–Crippen MR) is 189 cm³/mol. The molecule has 0 aromatic heterocycles. The van der Waals surface area contributed by atoms with E-state index >= 15 is 0 Å². The number of unbranched alkanes of at least 4 members (excludes halogenated alkanes) is 12. The fourth-order valence-electron chi connectivity index (χ4n) is 4.65. The number of benzene rings is 1. The molecule has 1 aromatic carbocycles. The summed E-state index contributed by atoms with van der Waals surface area (Å²) in [5.41, 5.74) is 6.36. The van der Waals surface area contributed by atoms with Gasteiger partial charge in [-0.15, -0.1) is 0 Å². The number of hydrogen-bond donors (Lipinski definition) is 1. The fraction of sp³-hybridized carbons (Fsp3) is 0.838. The van der Waals surface area contributed by atoms with Crippen LogP contribution in [0.3, 0.4) is 0 Å². The number of rotatable bonds is 39. The third kappa shape index (κ3) is 34.2. The molecular weight excluding hydrogens is 602 g/mol. The van der Waals surface area contributed by atoms with Crippen molar-refractivity contribution >= 4 is 5.69 Å². The van der Waals surface area contributed by atoms with Crippen LogP contribution in [0, 0.1) is 0 Å². The number of ether oxygens (including phenoxy) is 9. The maximum absolute atomic E-state index is 5.67. The molecule has 1 aromatic rings. The van der Waals surface area contributed by atoms with Gasteiger partial charge in [0.25, 0.3) is 0 Å². The molecule has 0 saturated carbocycles. The monoisotopic (exact) mass is 671 g/mol. The smallest absolute Gasteiger partial charge is 0.119 e. The molecule has 0 aliphatic heterocycles. The Morgan fingerprint density at radius 3 is 0.957 bits per heavy atom. The normalized spacial score (nSPS) is 11.4. The lowest BCUT2D eigenvalue weighted by Gasteiger charge is -2.09. The molecule has 0 atom stereocenters. The average molecular weight is 672 g/mol. The molecule has 276 valence electrons. The molecule has 1 rings (SSSR count). The third-order valence-electron chi connectivity index (χ3n) is 7.37. The Bertz CT molecular complexity index is 726. The number of nitrogens with two attached hydrogens (primary N) is 1. The van der Waals surface area contributed by atoms with Crippen molar-refractivity contribution in [1.29, 1.82) is 0 Å². The van der Waals surface area contributed by atoms with Crippen molar-refractivity contribution in [3.8, 4) is 5.75 Å². The molecule has 2 N–H and O–H groups in total. The minimum atomic E-state index is 0.484. The van der Waals surface area contributed by atoms with Crippen molar-refractivity contribution in [2.45, 2.75) is 90.4 Å². The fourth-order valence-corrected chi connectivity index (χ4v) is 4.65. The summed E-state index contributed by atoms with van der Waals surface area (Å²) in [5, 5.41) is 0. The van der Waals surface area contributed by atoms with Crippen molar-refractivity contribution in [2.24, 2.45) is 0 Å². The summed E-state index contributed by atoms with van der Waals surface area (Å²) in [7, 11) is 0. The van der Waals surface area contributed by atoms with Gasteiger partial charge in [-0.3, -0.25) is 0 Å². The Labute approximate surface area is 286 Å².